The van der Waals surface area contributed by atoms with Crippen molar-refractivity contribution in [3.63, 3.8) is 0 Å². The van der Waals surface area contributed by atoms with Crippen LogP contribution in [0.25, 0.3) is 0 Å². The molecule has 0 aliphatic carbocycles. The van der Waals surface area contributed by atoms with E-state index in [1.807, 2.05) is 0 Å². The molecule has 0 aromatic rings. The van der Waals surface area contributed by atoms with Crippen LogP contribution in [0.15, 0.2) is 0 Å². The average Bonchev–Trinajstić information content (AvgIpc) is 2.35. The van der Waals surface area contributed by atoms with Crippen molar-refractivity contribution in [2.75, 3.05) is 6.61 Å². The van der Waals surface area contributed by atoms with Crippen LogP contribution < -0.4 is 0 Å². The Morgan fingerprint density at radius 2 is 1.50 bits per heavy atom. The SMILES string of the molecule is CCCCCCCC(CO)CCCCCC(=O)O. The van der Waals surface area contributed by atoms with E-state index in [2.05, 4.69) is 6.92 Å². The van der Waals surface area contributed by atoms with Crippen molar-refractivity contribution in [1.82, 2.24) is 0 Å². The lowest BCUT2D eigenvalue weighted by atomic mass is 9.95. The summed E-state index contributed by atoms with van der Waals surface area (Å²) in [5.41, 5.74) is 0. The Kier molecular flexibility index (Phi) is 12.5. The van der Waals surface area contributed by atoms with Crippen molar-refractivity contribution in [2.45, 2.75) is 77.6 Å². The van der Waals surface area contributed by atoms with Crippen molar-refractivity contribution in [2.24, 2.45) is 5.92 Å². The van der Waals surface area contributed by atoms with E-state index in [9.17, 15) is 9.90 Å². The van der Waals surface area contributed by atoms with Gasteiger partial charge in [-0.25, -0.2) is 0 Å². The molecular weight excluding hydrogens is 228 g/mol. The van der Waals surface area contributed by atoms with E-state index < -0.39 is 5.97 Å². The minimum Gasteiger partial charge on any atom is -0.481 e. The molecule has 0 radical (unpaired) electrons. The molecule has 3 heteroatoms. The maximum atomic E-state index is 10.3. The Morgan fingerprint density at radius 1 is 0.944 bits per heavy atom. The van der Waals surface area contributed by atoms with Crippen LogP contribution in [0.3, 0.4) is 0 Å². The second-order valence-corrected chi connectivity index (χ2v) is 5.24. The predicted octanol–water partition coefficient (Wildman–Crippen LogP) is 3.99. The monoisotopic (exact) mass is 258 g/mol. The van der Waals surface area contributed by atoms with E-state index in [1.165, 1.54) is 32.1 Å². The molecule has 3 nitrogen and oxygen atoms in total. The minimum absolute atomic E-state index is 0.279. The fourth-order valence-electron chi connectivity index (χ4n) is 2.25. The third-order valence-electron chi connectivity index (χ3n) is 3.48. The van der Waals surface area contributed by atoms with E-state index in [4.69, 9.17) is 5.11 Å². The van der Waals surface area contributed by atoms with Crippen LogP contribution in [-0.4, -0.2) is 22.8 Å². The van der Waals surface area contributed by atoms with Gasteiger partial charge in [0.15, 0.2) is 0 Å². The summed E-state index contributed by atoms with van der Waals surface area (Å²) in [6.07, 6.45) is 11.6. The van der Waals surface area contributed by atoms with Crippen molar-refractivity contribution in [3.05, 3.63) is 0 Å². The van der Waals surface area contributed by atoms with E-state index >= 15 is 0 Å². The lowest BCUT2D eigenvalue weighted by Gasteiger charge is -2.13. The smallest absolute Gasteiger partial charge is 0.303 e. The molecule has 0 saturated carbocycles. The number of carboxylic acid groups (broad SMARTS) is 1. The number of carboxylic acids is 1. The lowest BCUT2D eigenvalue weighted by Crippen LogP contribution is -2.06. The quantitative estimate of drug-likeness (QED) is 0.491. The molecule has 0 aromatic heterocycles. The first kappa shape index (κ1) is 17.4. The van der Waals surface area contributed by atoms with E-state index in [0.29, 0.717) is 5.92 Å². The Bertz CT molecular complexity index is 192. The third kappa shape index (κ3) is 11.9. The number of rotatable bonds is 13. The Morgan fingerprint density at radius 3 is 2.00 bits per heavy atom. The van der Waals surface area contributed by atoms with E-state index in [1.54, 1.807) is 0 Å². The largest absolute Gasteiger partial charge is 0.481 e. The van der Waals surface area contributed by atoms with Crippen molar-refractivity contribution in [1.29, 1.82) is 0 Å². The molecule has 2 N–H and O–H groups in total. The summed E-state index contributed by atoms with van der Waals surface area (Å²) in [6, 6.07) is 0. The zero-order valence-electron chi connectivity index (χ0n) is 11.9. The van der Waals surface area contributed by atoms with Gasteiger partial charge < -0.3 is 10.2 Å². The van der Waals surface area contributed by atoms with Gasteiger partial charge in [0.25, 0.3) is 0 Å². The molecule has 0 saturated heterocycles. The highest BCUT2D eigenvalue weighted by Crippen LogP contribution is 2.18. The molecule has 0 rings (SSSR count). The maximum absolute atomic E-state index is 10.3. The van der Waals surface area contributed by atoms with Crippen molar-refractivity contribution in [3.8, 4) is 0 Å². The Balaban J connectivity index is 3.37. The second-order valence-electron chi connectivity index (χ2n) is 5.24. The highest BCUT2D eigenvalue weighted by Gasteiger charge is 2.07. The summed E-state index contributed by atoms with van der Waals surface area (Å²) in [7, 11) is 0. The van der Waals surface area contributed by atoms with Crippen molar-refractivity contribution < 1.29 is 15.0 Å². The molecule has 0 spiro atoms. The summed E-state index contributed by atoms with van der Waals surface area (Å²) < 4.78 is 0. The summed E-state index contributed by atoms with van der Waals surface area (Å²) in [5, 5.41) is 17.8. The fourth-order valence-corrected chi connectivity index (χ4v) is 2.25. The van der Waals surface area contributed by atoms with Crippen LogP contribution in [0.5, 0.6) is 0 Å². The molecule has 108 valence electrons. The molecule has 0 bridgehead atoms. The molecule has 0 heterocycles. The molecule has 1 unspecified atom stereocenters. The number of carbonyl (C=O) groups is 1. The van der Waals surface area contributed by atoms with Crippen LogP contribution in [0.4, 0.5) is 0 Å². The van der Waals surface area contributed by atoms with Crippen LogP contribution in [0.2, 0.25) is 0 Å². The highest BCUT2D eigenvalue weighted by atomic mass is 16.4. The van der Waals surface area contributed by atoms with E-state index in [-0.39, 0.29) is 13.0 Å². The predicted molar refractivity (Wildman–Crippen MR) is 74.7 cm³/mol. The number of hydrogen-bond donors (Lipinski definition) is 2. The van der Waals surface area contributed by atoms with E-state index in [0.717, 1.165) is 32.1 Å². The van der Waals surface area contributed by atoms with Crippen LogP contribution in [-0.2, 0) is 4.79 Å². The van der Waals surface area contributed by atoms with Gasteiger partial charge in [-0.05, 0) is 25.2 Å². The lowest BCUT2D eigenvalue weighted by molar-refractivity contribution is -0.137. The highest BCUT2D eigenvalue weighted by molar-refractivity contribution is 5.66. The molecular formula is C15H30O3. The van der Waals surface area contributed by atoms with Crippen LogP contribution in [0.1, 0.15) is 77.6 Å². The number of unbranched alkanes of at least 4 members (excludes halogenated alkanes) is 6. The molecule has 18 heavy (non-hydrogen) atoms. The summed E-state index contributed by atoms with van der Waals surface area (Å²) in [4.78, 5) is 10.3. The second kappa shape index (κ2) is 12.9. The van der Waals surface area contributed by atoms with Gasteiger partial charge in [0, 0.05) is 13.0 Å². The molecule has 0 fully saturated rings. The number of aliphatic carboxylic acids is 1. The van der Waals surface area contributed by atoms with Gasteiger partial charge in [-0.15, -0.1) is 0 Å². The number of aliphatic hydroxyl groups is 1. The Labute approximate surface area is 112 Å². The molecule has 0 aliphatic rings. The normalized spacial score (nSPS) is 12.6. The zero-order chi connectivity index (χ0) is 13.6. The molecule has 0 aliphatic heterocycles. The minimum atomic E-state index is -0.704. The van der Waals surface area contributed by atoms with Gasteiger partial charge in [0.1, 0.15) is 0 Å². The zero-order valence-corrected chi connectivity index (χ0v) is 11.9. The summed E-state index contributed by atoms with van der Waals surface area (Å²) >= 11 is 0. The molecule has 0 aromatic carbocycles. The van der Waals surface area contributed by atoms with Gasteiger partial charge >= 0.3 is 5.97 Å². The van der Waals surface area contributed by atoms with Gasteiger partial charge in [-0.3, -0.25) is 4.79 Å². The van der Waals surface area contributed by atoms with Crippen LogP contribution >= 0.6 is 0 Å². The van der Waals surface area contributed by atoms with Crippen molar-refractivity contribution >= 4 is 5.97 Å². The third-order valence-corrected chi connectivity index (χ3v) is 3.48. The standard InChI is InChI=1S/C15H30O3/c1-2-3-4-5-7-10-14(13-16)11-8-6-9-12-15(17)18/h14,16H,2-13H2,1H3,(H,17,18). The first-order chi connectivity index (χ1) is 8.70. The summed E-state index contributed by atoms with van der Waals surface area (Å²) in [5.74, 6) is -0.277. The maximum Gasteiger partial charge on any atom is 0.303 e. The van der Waals surface area contributed by atoms with Gasteiger partial charge in [-0.2, -0.15) is 0 Å². The van der Waals surface area contributed by atoms with Gasteiger partial charge in [-0.1, -0.05) is 51.9 Å². The number of aliphatic hydroxyl groups excluding tert-OH is 1. The molecule has 1 atom stereocenters. The van der Waals surface area contributed by atoms with Gasteiger partial charge in [0.05, 0.1) is 0 Å². The molecule has 0 amide bonds. The van der Waals surface area contributed by atoms with Gasteiger partial charge in [0.2, 0.25) is 0 Å². The first-order valence-corrected chi connectivity index (χ1v) is 7.53. The average molecular weight is 258 g/mol. The summed E-state index contributed by atoms with van der Waals surface area (Å²) in [6.45, 7) is 2.50. The topological polar surface area (TPSA) is 57.5 Å². The van der Waals surface area contributed by atoms with Crippen LogP contribution in [0, 0.1) is 5.92 Å². The number of hydrogen-bond acceptors (Lipinski definition) is 2. The first-order valence-electron chi connectivity index (χ1n) is 7.53. The Hall–Kier alpha value is -0.570. The fraction of sp³-hybridized carbons (Fsp3) is 0.933.